The zero-order chi connectivity index (χ0) is 16.4. The molecule has 5 atom stereocenters. The second-order valence-electron chi connectivity index (χ2n) is 5.83. The van der Waals surface area contributed by atoms with Crippen LogP contribution < -0.4 is 0 Å². The number of ether oxygens (including phenoxy) is 4. The number of hydrogen-bond acceptors (Lipinski definition) is 5. The van der Waals surface area contributed by atoms with Crippen LogP contribution >= 0.6 is 0 Å². The van der Waals surface area contributed by atoms with E-state index in [2.05, 4.69) is 0 Å². The number of rotatable bonds is 3. The number of carbonyl (C=O) groups excluding carboxylic acids is 1. The molecule has 24 heavy (non-hydrogen) atoms. The first kappa shape index (κ1) is 15.5. The Morgan fingerprint density at radius 2 is 1.42 bits per heavy atom. The Bertz CT molecular complexity index is 675. The van der Waals surface area contributed by atoms with E-state index in [1.54, 1.807) is 0 Å². The van der Waals surface area contributed by atoms with Crippen LogP contribution in [0.3, 0.4) is 0 Å². The van der Waals surface area contributed by atoms with Crippen molar-refractivity contribution in [3.8, 4) is 0 Å². The van der Waals surface area contributed by atoms with Gasteiger partial charge in [0.2, 0.25) is 0 Å². The van der Waals surface area contributed by atoms with Gasteiger partial charge in [0.05, 0.1) is 6.61 Å². The third-order valence-corrected chi connectivity index (χ3v) is 4.24. The zero-order valence-electron chi connectivity index (χ0n) is 13.0. The molecular formula is C19H18O5. The Labute approximate surface area is 140 Å². The van der Waals surface area contributed by atoms with Crippen molar-refractivity contribution in [2.45, 2.75) is 30.9 Å². The van der Waals surface area contributed by atoms with E-state index >= 15 is 0 Å². The van der Waals surface area contributed by atoms with E-state index in [9.17, 15) is 4.79 Å². The first-order chi connectivity index (χ1) is 11.8. The molecule has 0 aromatic heterocycles. The lowest BCUT2D eigenvalue weighted by Gasteiger charge is -2.44. The lowest BCUT2D eigenvalue weighted by molar-refractivity contribution is -0.355. The third-order valence-electron chi connectivity index (χ3n) is 4.24. The minimum atomic E-state index is -0.691. The second-order valence-corrected chi connectivity index (χ2v) is 5.83. The minimum absolute atomic E-state index is 0.348. The van der Waals surface area contributed by atoms with Crippen molar-refractivity contribution in [3.63, 3.8) is 0 Å². The van der Waals surface area contributed by atoms with Gasteiger partial charge in [-0.25, -0.2) is 0 Å². The molecule has 0 aliphatic carbocycles. The Hall–Kier alpha value is -2.05. The number of aldehydes is 1. The van der Waals surface area contributed by atoms with Crippen LogP contribution in [0, 0.1) is 0 Å². The van der Waals surface area contributed by atoms with Crippen molar-refractivity contribution >= 4 is 6.29 Å². The molecule has 5 heteroatoms. The molecule has 2 saturated heterocycles. The van der Waals surface area contributed by atoms with Gasteiger partial charge in [0.15, 0.2) is 18.9 Å². The molecule has 0 unspecified atom stereocenters. The van der Waals surface area contributed by atoms with Crippen molar-refractivity contribution in [1.29, 1.82) is 0 Å². The molecule has 2 aliphatic rings. The molecule has 0 radical (unpaired) electrons. The van der Waals surface area contributed by atoms with Crippen LogP contribution in [0.15, 0.2) is 60.7 Å². The molecule has 124 valence electrons. The highest BCUT2D eigenvalue weighted by Crippen LogP contribution is 2.37. The van der Waals surface area contributed by atoms with Crippen LogP contribution in [0.2, 0.25) is 0 Å². The molecule has 0 N–H and O–H groups in total. The molecule has 0 spiro atoms. The summed E-state index contributed by atoms with van der Waals surface area (Å²) < 4.78 is 23.5. The first-order valence-corrected chi connectivity index (χ1v) is 7.98. The SMILES string of the molecule is O=C[C@@H]1O[C@@H](c2ccccc2)O[C@H]2CO[C@@H](c3ccccc3)O[C@@H]12. The van der Waals surface area contributed by atoms with Gasteiger partial charge in [0.1, 0.15) is 18.3 Å². The fourth-order valence-electron chi connectivity index (χ4n) is 3.03. The maximum absolute atomic E-state index is 11.5. The van der Waals surface area contributed by atoms with E-state index in [4.69, 9.17) is 18.9 Å². The Kier molecular flexibility index (Phi) is 4.40. The van der Waals surface area contributed by atoms with Crippen molar-refractivity contribution in [2.75, 3.05) is 6.61 Å². The normalized spacial score (nSPS) is 32.8. The number of carbonyl (C=O) groups is 1. The summed E-state index contributed by atoms with van der Waals surface area (Å²) in [6.07, 6.45) is -1.85. The van der Waals surface area contributed by atoms with Crippen LogP contribution in [0.1, 0.15) is 23.7 Å². The highest BCUT2D eigenvalue weighted by Gasteiger charge is 2.45. The van der Waals surface area contributed by atoms with E-state index in [1.807, 2.05) is 60.7 Å². The second kappa shape index (κ2) is 6.83. The van der Waals surface area contributed by atoms with E-state index < -0.39 is 24.8 Å². The first-order valence-electron chi connectivity index (χ1n) is 7.98. The lowest BCUT2D eigenvalue weighted by atomic mass is 10.0. The molecule has 4 rings (SSSR count). The molecule has 0 amide bonds. The largest absolute Gasteiger partial charge is 0.346 e. The molecule has 2 fully saturated rings. The maximum atomic E-state index is 11.5. The minimum Gasteiger partial charge on any atom is -0.346 e. The number of hydrogen-bond donors (Lipinski definition) is 0. The van der Waals surface area contributed by atoms with Crippen molar-refractivity contribution < 1.29 is 23.7 Å². The van der Waals surface area contributed by atoms with E-state index in [0.29, 0.717) is 6.61 Å². The molecule has 0 bridgehead atoms. The van der Waals surface area contributed by atoms with Crippen molar-refractivity contribution in [2.24, 2.45) is 0 Å². The van der Waals surface area contributed by atoms with Crippen molar-refractivity contribution in [3.05, 3.63) is 71.8 Å². The fraction of sp³-hybridized carbons (Fsp3) is 0.316. The van der Waals surface area contributed by atoms with Crippen LogP contribution in [0.25, 0.3) is 0 Å². The predicted octanol–water partition coefficient (Wildman–Crippen LogP) is 2.78. The third kappa shape index (κ3) is 2.99. The Balaban J connectivity index is 1.52. The van der Waals surface area contributed by atoms with Gasteiger partial charge in [0.25, 0.3) is 0 Å². The van der Waals surface area contributed by atoms with Gasteiger partial charge in [-0.2, -0.15) is 0 Å². The van der Waals surface area contributed by atoms with Gasteiger partial charge < -0.3 is 23.7 Å². The lowest BCUT2D eigenvalue weighted by Crippen LogP contribution is -2.54. The quantitative estimate of drug-likeness (QED) is 0.812. The average molecular weight is 326 g/mol. The Morgan fingerprint density at radius 3 is 2.04 bits per heavy atom. The molecule has 2 aromatic rings. The highest BCUT2D eigenvalue weighted by molar-refractivity contribution is 5.57. The molecule has 0 saturated carbocycles. The van der Waals surface area contributed by atoms with Gasteiger partial charge >= 0.3 is 0 Å². The fourth-order valence-corrected chi connectivity index (χ4v) is 3.03. The number of fused-ring (bicyclic) bond motifs is 1. The molecular weight excluding hydrogens is 308 g/mol. The predicted molar refractivity (Wildman–Crippen MR) is 85.0 cm³/mol. The van der Waals surface area contributed by atoms with Gasteiger partial charge in [0, 0.05) is 11.1 Å². The summed E-state index contributed by atoms with van der Waals surface area (Å²) in [6.45, 7) is 0.348. The topological polar surface area (TPSA) is 54.0 Å². The Morgan fingerprint density at radius 1 is 0.792 bits per heavy atom. The van der Waals surface area contributed by atoms with E-state index in [0.717, 1.165) is 17.4 Å². The van der Waals surface area contributed by atoms with Gasteiger partial charge in [-0.05, 0) is 0 Å². The summed E-state index contributed by atoms with van der Waals surface area (Å²) in [6, 6.07) is 19.2. The van der Waals surface area contributed by atoms with Crippen LogP contribution in [0.4, 0.5) is 0 Å². The molecule has 2 aliphatic heterocycles. The average Bonchev–Trinajstić information content (AvgIpc) is 2.68. The van der Waals surface area contributed by atoms with Crippen LogP contribution in [0.5, 0.6) is 0 Å². The van der Waals surface area contributed by atoms with E-state index in [1.165, 1.54) is 0 Å². The summed E-state index contributed by atoms with van der Waals surface area (Å²) in [7, 11) is 0. The summed E-state index contributed by atoms with van der Waals surface area (Å²) in [5, 5.41) is 0. The van der Waals surface area contributed by atoms with E-state index in [-0.39, 0.29) is 6.10 Å². The van der Waals surface area contributed by atoms with Crippen molar-refractivity contribution in [1.82, 2.24) is 0 Å². The smallest absolute Gasteiger partial charge is 0.185 e. The van der Waals surface area contributed by atoms with Crippen LogP contribution in [-0.2, 0) is 23.7 Å². The summed E-state index contributed by atoms with van der Waals surface area (Å²) in [4.78, 5) is 11.5. The highest BCUT2D eigenvalue weighted by atomic mass is 16.8. The standard InChI is InChI=1S/C19H18O5/c20-11-15-17-16(23-19(22-15)14-9-5-2-6-10-14)12-21-18(24-17)13-7-3-1-4-8-13/h1-11,15-19H,12H2/t15-,16-,17-,18+,19+/m0/s1. The summed E-state index contributed by atoms with van der Waals surface area (Å²) in [5.74, 6) is 0. The van der Waals surface area contributed by atoms with Crippen LogP contribution in [-0.4, -0.2) is 31.2 Å². The monoisotopic (exact) mass is 326 g/mol. The summed E-state index contributed by atoms with van der Waals surface area (Å²) in [5.41, 5.74) is 1.78. The maximum Gasteiger partial charge on any atom is 0.185 e. The van der Waals surface area contributed by atoms with Gasteiger partial charge in [-0.3, -0.25) is 0 Å². The summed E-state index contributed by atoms with van der Waals surface area (Å²) >= 11 is 0. The van der Waals surface area contributed by atoms with Gasteiger partial charge in [-0.1, -0.05) is 60.7 Å². The van der Waals surface area contributed by atoms with Gasteiger partial charge in [-0.15, -0.1) is 0 Å². The molecule has 2 aromatic carbocycles. The molecule has 5 nitrogen and oxygen atoms in total. The molecule has 2 heterocycles. The zero-order valence-corrected chi connectivity index (χ0v) is 13.0. The number of benzene rings is 2.